The van der Waals surface area contributed by atoms with Gasteiger partial charge in [-0.3, -0.25) is 4.57 Å². The number of aliphatic hydroxyl groups is 1. The highest BCUT2D eigenvalue weighted by Crippen LogP contribution is 2.26. The molecule has 2 N–H and O–H groups in total. The Kier molecular flexibility index (Phi) is 4.66. The van der Waals surface area contributed by atoms with E-state index in [9.17, 15) is 5.11 Å². The molecule has 0 spiro atoms. The van der Waals surface area contributed by atoms with E-state index in [0.717, 1.165) is 54.0 Å². The molecule has 2 heterocycles. The maximum atomic E-state index is 9.68. The van der Waals surface area contributed by atoms with Gasteiger partial charge in [0.25, 0.3) is 0 Å². The van der Waals surface area contributed by atoms with E-state index in [1.54, 1.807) is 0 Å². The van der Waals surface area contributed by atoms with Crippen molar-refractivity contribution in [1.29, 1.82) is 0 Å². The number of fused-ring (bicyclic) bond motifs is 1. The highest BCUT2D eigenvalue weighted by atomic mass is 16.3. The number of piperidine rings is 1. The quantitative estimate of drug-likeness (QED) is 0.544. The Bertz CT molecular complexity index is 1100. The summed E-state index contributed by atoms with van der Waals surface area (Å²) in [5, 5.41) is 13.1. The maximum Gasteiger partial charge on any atom is 0.100 e. The highest BCUT2D eigenvalue weighted by molar-refractivity contribution is 5.82. The van der Waals surface area contributed by atoms with Gasteiger partial charge in [-0.1, -0.05) is 12.1 Å². The molecule has 0 bridgehead atoms. The third-order valence-corrected chi connectivity index (χ3v) is 5.51. The smallest absolute Gasteiger partial charge is 0.100 e. The largest absolute Gasteiger partial charge is 0.393 e. The Labute approximate surface area is 170 Å². The third kappa shape index (κ3) is 3.69. The Hall–Kier alpha value is -3.31. The second-order valence-corrected chi connectivity index (χ2v) is 7.47. The molecule has 5 heteroatoms. The number of benzene rings is 3. The first-order chi connectivity index (χ1) is 14.3. The second-order valence-electron chi connectivity index (χ2n) is 7.47. The molecule has 4 aromatic rings. The summed E-state index contributed by atoms with van der Waals surface area (Å²) in [5.74, 6) is 0. The monoisotopic (exact) mass is 383 g/mol. The minimum absolute atomic E-state index is 0.147. The Morgan fingerprint density at radius 3 is 2.38 bits per heavy atom. The van der Waals surface area contributed by atoms with Crippen LogP contribution >= 0.6 is 0 Å². The number of rotatable bonds is 4. The van der Waals surface area contributed by atoms with Gasteiger partial charge in [0.15, 0.2) is 0 Å². The summed E-state index contributed by atoms with van der Waals surface area (Å²) in [5.41, 5.74) is 6.36. The lowest BCUT2D eigenvalue weighted by atomic mass is 10.1. The van der Waals surface area contributed by atoms with Crippen molar-refractivity contribution >= 4 is 28.1 Å². The number of nitrogens with zero attached hydrogens (tertiary/aromatic N) is 3. The zero-order valence-electron chi connectivity index (χ0n) is 16.1. The standard InChI is InChI=1S/C24H23N4O/c29-22-12-14-27(15-13-22)20-9-6-18(7-10-20)26-19-8-11-24-23(16-19)25-17-28(24)21-4-2-1-3-5-21/h2-11,16-17,22,26,29H,12-15H2. The van der Waals surface area contributed by atoms with Crippen molar-refractivity contribution in [2.24, 2.45) is 0 Å². The molecule has 1 aliphatic heterocycles. The lowest BCUT2D eigenvalue weighted by Gasteiger charge is -2.31. The Morgan fingerprint density at radius 1 is 0.897 bits per heavy atom. The normalized spacial score (nSPS) is 15.0. The van der Waals surface area contributed by atoms with Crippen molar-refractivity contribution in [2.45, 2.75) is 18.9 Å². The molecule has 5 rings (SSSR count). The van der Waals surface area contributed by atoms with Gasteiger partial charge in [-0.15, -0.1) is 0 Å². The van der Waals surface area contributed by atoms with Gasteiger partial charge in [0.05, 0.1) is 17.1 Å². The molecule has 1 radical (unpaired) electrons. The summed E-state index contributed by atoms with van der Waals surface area (Å²) < 4.78 is 2.08. The maximum absolute atomic E-state index is 9.68. The molecule has 5 nitrogen and oxygen atoms in total. The first-order valence-electron chi connectivity index (χ1n) is 10.00. The predicted octanol–water partition coefficient (Wildman–Crippen LogP) is 4.53. The van der Waals surface area contributed by atoms with Gasteiger partial charge in [-0.05, 0) is 73.5 Å². The summed E-state index contributed by atoms with van der Waals surface area (Å²) >= 11 is 0. The zero-order chi connectivity index (χ0) is 19.6. The van der Waals surface area contributed by atoms with Crippen LogP contribution in [0.1, 0.15) is 12.8 Å². The molecule has 1 aliphatic rings. The van der Waals surface area contributed by atoms with Crippen LogP contribution < -0.4 is 10.2 Å². The number of aliphatic hydroxyl groups excluding tert-OH is 1. The number of aromatic nitrogens is 2. The van der Waals surface area contributed by atoms with Gasteiger partial charge in [-0.25, -0.2) is 4.98 Å². The lowest BCUT2D eigenvalue weighted by Crippen LogP contribution is -2.35. The van der Waals surface area contributed by atoms with Gasteiger partial charge < -0.3 is 15.3 Å². The van der Waals surface area contributed by atoms with E-state index >= 15 is 0 Å². The van der Waals surface area contributed by atoms with Crippen LogP contribution in [0.3, 0.4) is 0 Å². The molecular formula is C24H23N4O. The first-order valence-corrected chi connectivity index (χ1v) is 10.00. The summed E-state index contributed by atoms with van der Waals surface area (Å²) in [6.07, 6.45) is 3.39. The van der Waals surface area contributed by atoms with Crippen molar-refractivity contribution in [3.63, 3.8) is 0 Å². The summed E-state index contributed by atoms with van der Waals surface area (Å²) in [7, 11) is 0. The van der Waals surface area contributed by atoms with Crippen molar-refractivity contribution in [3.05, 3.63) is 79.1 Å². The van der Waals surface area contributed by atoms with Gasteiger partial charge in [0.1, 0.15) is 6.33 Å². The Morgan fingerprint density at radius 2 is 1.62 bits per heavy atom. The molecule has 1 aromatic heterocycles. The van der Waals surface area contributed by atoms with Gasteiger partial charge in [-0.2, -0.15) is 0 Å². The third-order valence-electron chi connectivity index (χ3n) is 5.51. The van der Waals surface area contributed by atoms with Crippen LogP contribution in [0, 0.1) is 6.07 Å². The fourth-order valence-corrected chi connectivity index (χ4v) is 3.88. The number of nitrogens with one attached hydrogen (secondary N) is 1. The van der Waals surface area contributed by atoms with E-state index in [4.69, 9.17) is 0 Å². The first kappa shape index (κ1) is 17.8. The SMILES string of the molecule is OC1CCN(c2ccc(Nc3ccc4c(c3)ncn4-c3cc[c]cc3)cc2)CC1. The van der Waals surface area contributed by atoms with E-state index in [1.807, 2.05) is 30.6 Å². The lowest BCUT2D eigenvalue weighted by molar-refractivity contribution is 0.145. The molecule has 0 amide bonds. The molecule has 1 fully saturated rings. The molecule has 1 saturated heterocycles. The van der Waals surface area contributed by atoms with Crippen LogP contribution in [0.4, 0.5) is 17.1 Å². The number of hydrogen-bond acceptors (Lipinski definition) is 4. The number of anilines is 3. The molecule has 0 unspecified atom stereocenters. The van der Waals surface area contributed by atoms with E-state index in [2.05, 4.69) is 68.3 Å². The van der Waals surface area contributed by atoms with E-state index in [-0.39, 0.29) is 6.10 Å². The van der Waals surface area contributed by atoms with E-state index in [0.29, 0.717) is 0 Å². The van der Waals surface area contributed by atoms with E-state index < -0.39 is 0 Å². The molecule has 29 heavy (non-hydrogen) atoms. The van der Waals surface area contributed by atoms with Crippen molar-refractivity contribution in [2.75, 3.05) is 23.3 Å². The van der Waals surface area contributed by atoms with Crippen molar-refractivity contribution in [3.8, 4) is 5.69 Å². The van der Waals surface area contributed by atoms with Gasteiger partial charge >= 0.3 is 0 Å². The van der Waals surface area contributed by atoms with Gasteiger partial charge in [0.2, 0.25) is 0 Å². The average Bonchev–Trinajstić information content (AvgIpc) is 3.19. The van der Waals surface area contributed by atoms with E-state index in [1.165, 1.54) is 5.69 Å². The summed E-state index contributed by atoms with van der Waals surface area (Å²) in [6.45, 7) is 1.82. The molecule has 145 valence electrons. The van der Waals surface area contributed by atoms with Crippen molar-refractivity contribution < 1.29 is 5.11 Å². The van der Waals surface area contributed by atoms with Gasteiger partial charge in [0, 0.05) is 35.8 Å². The molecule has 0 saturated carbocycles. The van der Waals surface area contributed by atoms with Crippen LogP contribution in [0.5, 0.6) is 0 Å². The van der Waals surface area contributed by atoms with Crippen LogP contribution in [-0.4, -0.2) is 33.9 Å². The minimum Gasteiger partial charge on any atom is -0.393 e. The topological polar surface area (TPSA) is 53.3 Å². The second kappa shape index (κ2) is 7.60. The minimum atomic E-state index is -0.147. The highest BCUT2D eigenvalue weighted by Gasteiger charge is 2.17. The predicted molar refractivity (Wildman–Crippen MR) is 117 cm³/mol. The average molecular weight is 383 g/mol. The van der Waals surface area contributed by atoms with Crippen LogP contribution in [0.2, 0.25) is 0 Å². The summed E-state index contributed by atoms with van der Waals surface area (Å²) in [6, 6.07) is 25.6. The fourth-order valence-electron chi connectivity index (χ4n) is 3.88. The number of imidazole rings is 1. The van der Waals surface area contributed by atoms with Crippen molar-refractivity contribution in [1.82, 2.24) is 9.55 Å². The number of hydrogen-bond donors (Lipinski definition) is 2. The molecule has 0 atom stereocenters. The molecular weight excluding hydrogens is 360 g/mol. The van der Waals surface area contributed by atoms with Crippen LogP contribution in [0.15, 0.2) is 73.1 Å². The molecule has 3 aromatic carbocycles. The Balaban J connectivity index is 1.33. The van der Waals surface area contributed by atoms with Crippen LogP contribution in [0.25, 0.3) is 16.7 Å². The molecule has 0 aliphatic carbocycles. The van der Waals surface area contributed by atoms with Crippen LogP contribution in [-0.2, 0) is 0 Å². The summed E-state index contributed by atoms with van der Waals surface area (Å²) in [4.78, 5) is 6.89. The zero-order valence-corrected chi connectivity index (χ0v) is 16.1. The fraction of sp³-hybridized carbons (Fsp3) is 0.208.